The highest BCUT2D eigenvalue weighted by atomic mass is 127. The van der Waals surface area contributed by atoms with Crippen LogP contribution in [-0.4, -0.2) is 42.0 Å². The van der Waals surface area contributed by atoms with Crippen LogP contribution >= 0.6 is 24.0 Å². The van der Waals surface area contributed by atoms with Gasteiger partial charge in [0.05, 0.1) is 24.0 Å². The van der Waals surface area contributed by atoms with Crippen molar-refractivity contribution in [1.82, 2.24) is 20.4 Å². The Morgan fingerprint density at radius 1 is 1.20 bits per heavy atom. The maximum absolute atomic E-state index is 5.52. The van der Waals surface area contributed by atoms with Crippen LogP contribution in [0.3, 0.4) is 0 Å². The van der Waals surface area contributed by atoms with Crippen molar-refractivity contribution in [3.8, 4) is 5.69 Å². The smallest absolute Gasteiger partial charge is 0.191 e. The second kappa shape index (κ2) is 11.9. The number of nitrogens with zero attached hydrogens (tertiary/aromatic N) is 3. The Labute approximate surface area is 167 Å². The highest BCUT2D eigenvalue weighted by Gasteiger charge is 2.03. The molecule has 0 saturated carbocycles. The van der Waals surface area contributed by atoms with E-state index in [4.69, 9.17) is 4.74 Å². The molecule has 2 rings (SSSR count). The number of aliphatic imine (C=N–C) groups is 1. The first kappa shape index (κ1) is 21.4. The largest absolute Gasteiger partial charge is 0.379 e. The van der Waals surface area contributed by atoms with Gasteiger partial charge in [0.25, 0.3) is 0 Å². The van der Waals surface area contributed by atoms with E-state index in [9.17, 15) is 0 Å². The van der Waals surface area contributed by atoms with Crippen molar-refractivity contribution in [2.45, 2.75) is 32.9 Å². The molecule has 0 atom stereocenters. The molecule has 0 bridgehead atoms. The van der Waals surface area contributed by atoms with E-state index in [0.29, 0.717) is 6.54 Å². The fourth-order valence-corrected chi connectivity index (χ4v) is 2.17. The number of hydrogen-bond acceptors (Lipinski definition) is 3. The topological polar surface area (TPSA) is 63.5 Å². The van der Waals surface area contributed by atoms with E-state index in [1.165, 1.54) is 0 Å². The number of benzene rings is 1. The Morgan fingerprint density at radius 3 is 2.64 bits per heavy atom. The van der Waals surface area contributed by atoms with Crippen LogP contribution < -0.4 is 10.6 Å². The van der Waals surface area contributed by atoms with E-state index in [-0.39, 0.29) is 30.1 Å². The van der Waals surface area contributed by atoms with E-state index >= 15 is 0 Å². The molecule has 0 fully saturated rings. The summed E-state index contributed by atoms with van der Waals surface area (Å²) in [5.74, 6) is 0.772. The first-order chi connectivity index (χ1) is 11.7. The Bertz CT molecular complexity index is 627. The van der Waals surface area contributed by atoms with Gasteiger partial charge in [-0.2, -0.15) is 5.10 Å². The van der Waals surface area contributed by atoms with E-state index < -0.39 is 0 Å². The lowest BCUT2D eigenvalue weighted by Crippen LogP contribution is -2.37. The molecule has 0 aliphatic rings. The number of guanidine groups is 1. The van der Waals surface area contributed by atoms with Crippen molar-refractivity contribution in [3.05, 3.63) is 48.3 Å². The van der Waals surface area contributed by atoms with Gasteiger partial charge < -0.3 is 15.4 Å². The number of para-hydroxylation sites is 1. The summed E-state index contributed by atoms with van der Waals surface area (Å²) in [7, 11) is 1.77. The molecule has 0 aliphatic carbocycles. The second-order valence-corrected chi connectivity index (χ2v) is 5.71. The van der Waals surface area contributed by atoms with E-state index in [1.807, 2.05) is 61.1 Å². The highest BCUT2D eigenvalue weighted by molar-refractivity contribution is 14.0. The van der Waals surface area contributed by atoms with E-state index in [0.717, 1.165) is 36.9 Å². The van der Waals surface area contributed by atoms with Crippen LogP contribution in [0.2, 0.25) is 0 Å². The summed E-state index contributed by atoms with van der Waals surface area (Å²) in [5, 5.41) is 11.1. The van der Waals surface area contributed by atoms with Crippen LogP contribution in [0.4, 0.5) is 0 Å². The standard InChI is InChI=1S/C18H27N5O.HI/c1-15(2)24-13-7-11-20-18(19-3)21-14-16-10-12-23(22-16)17-8-5-4-6-9-17;/h4-6,8-10,12,15H,7,11,13-14H2,1-3H3,(H2,19,20,21);1H. The number of ether oxygens (including phenoxy) is 1. The molecular weight excluding hydrogens is 429 g/mol. The summed E-state index contributed by atoms with van der Waals surface area (Å²) in [5.41, 5.74) is 2.02. The summed E-state index contributed by atoms with van der Waals surface area (Å²) >= 11 is 0. The number of rotatable bonds is 8. The maximum atomic E-state index is 5.52. The minimum atomic E-state index is 0. The van der Waals surface area contributed by atoms with Crippen molar-refractivity contribution in [1.29, 1.82) is 0 Å². The molecule has 7 heteroatoms. The third-order valence-corrected chi connectivity index (χ3v) is 3.39. The van der Waals surface area contributed by atoms with Crippen molar-refractivity contribution < 1.29 is 4.74 Å². The Balaban J connectivity index is 0.00000312. The van der Waals surface area contributed by atoms with Crippen molar-refractivity contribution in [3.63, 3.8) is 0 Å². The van der Waals surface area contributed by atoms with Gasteiger partial charge in [-0.3, -0.25) is 4.99 Å². The number of aromatic nitrogens is 2. The fraction of sp³-hybridized carbons (Fsp3) is 0.444. The third-order valence-electron chi connectivity index (χ3n) is 3.39. The van der Waals surface area contributed by atoms with E-state index in [1.54, 1.807) is 7.05 Å². The van der Waals surface area contributed by atoms with E-state index in [2.05, 4.69) is 20.7 Å². The number of hydrogen-bond donors (Lipinski definition) is 2. The summed E-state index contributed by atoms with van der Waals surface area (Å²) in [6.45, 7) is 6.29. The first-order valence-corrected chi connectivity index (χ1v) is 8.35. The number of halogens is 1. The van der Waals surface area contributed by atoms with Crippen LogP contribution in [0.25, 0.3) is 5.69 Å². The molecule has 25 heavy (non-hydrogen) atoms. The minimum absolute atomic E-state index is 0. The minimum Gasteiger partial charge on any atom is -0.379 e. The van der Waals surface area contributed by atoms with Gasteiger partial charge in [-0.05, 0) is 38.5 Å². The molecule has 6 nitrogen and oxygen atoms in total. The molecule has 0 aliphatic heterocycles. The van der Waals surface area contributed by atoms with Crippen LogP contribution in [0.1, 0.15) is 26.0 Å². The lowest BCUT2D eigenvalue weighted by atomic mass is 10.3. The molecule has 0 spiro atoms. The normalized spacial score (nSPS) is 11.3. The van der Waals surface area contributed by atoms with Gasteiger partial charge >= 0.3 is 0 Å². The van der Waals surface area contributed by atoms with Crippen LogP contribution in [-0.2, 0) is 11.3 Å². The van der Waals surface area contributed by atoms with Crippen molar-refractivity contribution >= 4 is 29.9 Å². The molecule has 138 valence electrons. The molecule has 1 aromatic heterocycles. The number of nitrogens with one attached hydrogen (secondary N) is 2. The average Bonchev–Trinajstić information content (AvgIpc) is 3.07. The summed E-state index contributed by atoms with van der Waals surface area (Å²) in [6.07, 6.45) is 3.19. The van der Waals surface area contributed by atoms with Gasteiger partial charge in [0.15, 0.2) is 5.96 Å². The van der Waals surface area contributed by atoms with Gasteiger partial charge in [0, 0.05) is 26.4 Å². The summed E-state index contributed by atoms with van der Waals surface area (Å²) in [4.78, 5) is 4.22. The predicted molar refractivity (Wildman–Crippen MR) is 113 cm³/mol. The second-order valence-electron chi connectivity index (χ2n) is 5.71. The molecule has 0 radical (unpaired) electrons. The molecule has 2 aromatic rings. The average molecular weight is 457 g/mol. The molecule has 1 aromatic carbocycles. The van der Waals surface area contributed by atoms with Gasteiger partial charge in [-0.15, -0.1) is 24.0 Å². The van der Waals surface area contributed by atoms with Gasteiger partial charge in [0.1, 0.15) is 0 Å². The summed E-state index contributed by atoms with van der Waals surface area (Å²) in [6, 6.07) is 12.1. The summed E-state index contributed by atoms with van der Waals surface area (Å²) < 4.78 is 7.39. The van der Waals surface area contributed by atoms with Gasteiger partial charge in [-0.25, -0.2) is 4.68 Å². The quantitative estimate of drug-likeness (QED) is 0.277. The monoisotopic (exact) mass is 457 g/mol. The molecule has 1 heterocycles. The zero-order valence-corrected chi connectivity index (χ0v) is 17.4. The van der Waals surface area contributed by atoms with Gasteiger partial charge in [0.2, 0.25) is 0 Å². The van der Waals surface area contributed by atoms with Crippen molar-refractivity contribution in [2.24, 2.45) is 4.99 Å². The zero-order chi connectivity index (χ0) is 17.2. The Morgan fingerprint density at radius 2 is 1.96 bits per heavy atom. The lowest BCUT2D eigenvalue weighted by molar-refractivity contribution is 0.0776. The van der Waals surface area contributed by atoms with Gasteiger partial charge in [-0.1, -0.05) is 18.2 Å². The highest BCUT2D eigenvalue weighted by Crippen LogP contribution is 2.06. The third kappa shape index (κ3) is 7.87. The molecule has 0 saturated heterocycles. The fourth-order valence-electron chi connectivity index (χ4n) is 2.17. The predicted octanol–water partition coefficient (Wildman–Crippen LogP) is 2.97. The van der Waals surface area contributed by atoms with Crippen LogP contribution in [0.5, 0.6) is 0 Å². The zero-order valence-electron chi connectivity index (χ0n) is 15.1. The van der Waals surface area contributed by atoms with Crippen LogP contribution in [0.15, 0.2) is 47.6 Å². The molecule has 0 amide bonds. The Kier molecular flexibility index (Phi) is 10.2. The lowest BCUT2D eigenvalue weighted by Gasteiger charge is -2.12. The van der Waals surface area contributed by atoms with Crippen LogP contribution in [0, 0.1) is 0 Å². The molecule has 2 N–H and O–H groups in total. The Hall–Kier alpha value is -1.61. The first-order valence-electron chi connectivity index (χ1n) is 8.35. The molecule has 0 unspecified atom stereocenters. The SMILES string of the molecule is CN=C(NCCCOC(C)C)NCc1ccn(-c2ccccc2)n1.I. The molecular formula is C18H28IN5O. The maximum Gasteiger partial charge on any atom is 0.191 e. The van der Waals surface area contributed by atoms with Crippen molar-refractivity contribution in [2.75, 3.05) is 20.2 Å².